The molecule has 1 amide bonds. The van der Waals surface area contributed by atoms with Crippen molar-refractivity contribution in [2.75, 3.05) is 23.9 Å². The van der Waals surface area contributed by atoms with Crippen molar-refractivity contribution < 1.29 is 19.8 Å². The first kappa shape index (κ1) is 20.4. The van der Waals surface area contributed by atoms with Crippen LogP contribution in [-0.2, 0) is 9.59 Å². The normalized spacial score (nSPS) is 18.0. The van der Waals surface area contributed by atoms with Gasteiger partial charge in [-0.05, 0) is 42.0 Å². The first-order chi connectivity index (χ1) is 13.8. The Hall–Kier alpha value is -3.33. The van der Waals surface area contributed by atoms with Gasteiger partial charge in [-0.3, -0.25) is 14.5 Å². The summed E-state index contributed by atoms with van der Waals surface area (Å²) in [5.41, 5.74) is 2.38. The van der Waals surface area contributed by atoms with Gasteiger partial charge in [0.2, 0.25) is 5.91 Å². The molecule has 1 heterocycles. The van der Waals surface area contributed by atoms with Crippen molar-refractivity contribution in [1.82, 2.24) is 0 Å². The first-order valence-corrected chi connectivity index (χ1v) is 9.63. The maximum absolute atomic E-state index is 12.7. The molecule has 0 bridgehead atoms. The van der Waals surface area contributed by atoms with Crippen LogP contribution in [0.1, 0.15) is 12.0 Å². The molecule has 0 aromatic heterocycles. The lowest BCUT2D eigenvalue weighted by Gasteiger charge is -2.15. The average Bonchev–Trinajstić information content (AvgIpc) is 2.98. The SMILES string of the molecule is CN(C)c1ccc(C=NN=C2SC(CC(=O)O)C(=O)N2c2ccc(O)cc2)cc1. The van der Waals surface area contributed by atoms with E-state index in [2.05, 4.69) is 10.2 Å². The van der Waals surface area contributed by atoms with E-state index in [0.717, 1.165) is 23.0 Å². The topological polar surface area (TPSA) is 106 Å². The summed E-state index contributed by atoms with van der Waals surface area (Å²) in [6.07, 6.45) is 1.25. The lowest BCUT2D eigenvalue weighted by atomic mass is 10.2. The summed E-state index contributed by atoms with van der Waals surface area (Å²) in [5, 5.41) is 26.3. The Kier molecular flexibility index (Phi) is 6.18. The van der Waals surface area contributed by atoms with Gasteiger partial charge in [-0.1, -0.05) is 23.9 Å². The number of nitrogens with zero attached hydrogens (tertiary/aromatic N) is 4. The first-order valence-electron chi connectivity index (χ1n) is 8.75. The highest BCUT2D eigenvalue weighted by molar-refractivity contribution is 8.16. The molecule has 0 aliphatic carbocycles. The molecule has 1 saturated heterocycles. The van der Waals surface area contributed by atoms with Crippen LogP contribution in [0.5, 0.6) is 5.75 Å². The van der Waals surface area contributed by atoms with Gasteiger partial charge in [-0.25, -0.2) is 0 Å². The van der Waals surface area contributed by atoms with Crippen LogP contribution in [0.25, 0.3) is 0 Å². The molecule has 1 fully saturated rings. The lowest BCUT2D eigenvalue weighted by Crippen LogP contribution is -2.32. The number of thioether (sulfide) groups is 1. The summed E-state index contributed by atoms with van der Waals surface area (Å²) < 4.78 is 0. The van der Waals surface area contributed by atoms with Gasteiger partial charge in [0.05, 0.1) is 18.3 Å². The number of phenolic OH excluding ortho intramolecular Hbond substituents is 1. The monoisotopic (exact) mass is 412 g/mol. The number of carboxylic acid groups (broad SMARTS) is 1. The summed E-state index contributed by atoms with van der Waals surface area (Å²) >= 11 is 1.06. The minimum Gasteiger partial charge on any atom is -0.508 e. The number of amidine groups is 1. The molecule has 2 aromatic rings. The lowest BCUT2D eigenvalue weighted by molar-refractivity contribution is -0.138. The molecular weight excluding hydrogens is 392 g/mol. The maximum atomic E-state index is 12.7. The quantitative estimate of drug-likeness (QED) is 0.558. The van der Waals surface area contributed by atoms with E-state index in [1.54, 1.807) is 18.3 Å². The summed E-state index contributed by atoms with van der Waals surface area (Å²) in [6, 6.07) is 13.7. The maximum Gasteiger partial charge on any atom is 0.305 e. The Labute approximate surface area is 172 Å². The Morgan fingerprint density at radius 2 is 1.83 bits per heavy atom. The van der Waals surface area contributed by atoms with Crippen molar-refractivity contribution in [3.8, 4) is 5.75 Å². The highest BCUT2D eigenvalue weighted by Gasteiger charge is 2.40. The predicted octanol–water partition coefficient (Wildman–Crippen LogP) is 2.77. The van der Waals surface area contributed by atoms with Crippen LogP contribution in [0.3, 0.4) is 0 Å². The average molecular weight is 412 g/mol. The van der Waals surface area contributed by atoms with E-state index in [9.17, 15) is 14.7 Å². The number of amides is 1. The zero-order chi connectivity index (χ0) is 21.0. The number of hydrogen-bond donors (Lipinski definition) is 2. The van der Waals surface area contributed by atoms with Crippen molar-refractivity contribution in [2.45, 2.75) is 11.7 Å². The minimum absolute atomic E-state index is 0.0628. The number of phenols is 1. The molecule has 8 nitrogen and oxygen atoms in total. The molecule has 0 radical (unpaired) electrons. The molecular formula is C20H20N4O4S. The number of carboxylic acids is 1. The number of rotatable bonds is 6. The van der Waals surface area contributed by atoms with E-state index < -0.39 is 11.2 Å². The van der Waals surface area contributed by atoms with E-state index in [-0.39, 0.29) is 23.2 Å². The summed E-state index contributed by atoms with van der Waals surface area (Å²) in [7, 11) is 3.91. The fourth-order valence-electron chi connectivity index (χ4n) is 2.67. The Morgan fingerprint density at radius 3 is 2.41 bits per heavy atom. The van der Waals surface area contributed by atoms with E-state index in [1.165, 1.54) is 17.0 Å². The number of aromatic hydroxyl groups is 1. The predicted molar refractivity (Wildman–Crippen MR) is 115 cm³/mol. The van der Waals surface area contributed by atoms with Crippen LogP contribution in [0.4, 0.5) is 11.4 Å². The van der Waals surface area contributed by atoms with Gasteiger partial charge in [0.1, 0.15) is 11.0 Å². The minimum atomic E-state index is -1.06. The molecule has 0 spiro atoms. The van der Waals surface area contributed by atoms with Crippen LogP contribution in [-0.4, -0.2) is 52.8 Å². The van der Waals surface area contributed by atoms with Crippen LogP contribution in [0.2, 0.25) is 0 Å². The molecule has 1 aliphatic rings. The van der Waals surface area contributed by atoms with Crippen LogP contribution < -0.4 is 9.80 Å². The number of benzene rings is 2. The smallest absolute Gasteiger partial charge is 0.305 e. The molecule has 1 aliphatic heterocycles. The van der Waals surface area contributed by atoms with Crippen molar-refractivity contribution in [1.29, 1.82) is 0 Å². The van der Waals surface area contributed by atoms with Crippen molar-refractivity contribution >= 4 is 46.4 Å². The molecule has 2 N–H and O–H groups in total. The Morgan fingerprint density at radius 1 is 1.17 bits per heavy atom. The van der Waals surface area contributed by atoms with Gasteiger partial charge in [0, 0.05) is 19.8 Å². The zero-order valence-electron chi connectivity index (χ0n) is 15.9. The van der Waals surface area contributed by atoms with E-state index in [1.807, 2.05) is 43.3 Å². The number of anilines is 2. The second-order valence-electron chi connectivity index (χ2n) is 6.51. The number of aliphatic carboxylic acids is 1. The van der Waals surface area contributed by atoms with Gasteiger partial charge in [-0.2, -0.15) is 5.10 Å². The van der Waals surface area contributed by atoms with Gasteiger partial charge < -0.3 is 15.1 Å². The van der Waals surface area contributed by atoms with Crippen LogP contribution in [0.15, 0.2) is 58.7 Å². The standard InChI is InChI=1S/C20H20N4O4S/c1-23(2)14-5-3-13(4-6-14)12-21-22-20-24(15-7-9-16(25)10-8-15)19(28)17(29-20)11-18(26)27/h3-10,12,17,25H,11H2,1-2H3,(H,26,27). The van der Waals surface area contributed by atoms with E-state index in [4.69, 9.17) is 5.11 Å². The van der Waals surface area contributed by atoms with Crippen molar-refractivity contribution in [3.63, 3.8) is 0 Å². The molecule has 150 valence electrons. The molecule has 1 atom stereocenters. The molecule has 9 heteroatoms. The highest BCUT2D eigenvalue weighted by atomic mass is 32.2. The largest absolute Gasteiger partial charge is 0.508 e. The zero-order valence-corrected chi connectivity index (χ0v) is 16.7. The van der Waals surface area contributed by atoms with Gasteiger partial charge >= 0.3 is 5.97 Å². The summed E-state index contributed by atoms with van der Waals surface area (Å²) in [4.78, 5) is 27.1. The number of hydrogen-bond acceptors (Lipinski definition) is 7. The summed E-state index contributed by atoms with van der Waals surface area (Å²) in [5.74, 6) is -1.38. The van der Waals surface area contributed by atoms with Crippen LogP contribution in [0, 0.1) is 0 Å². The molecule has 2 aromatic carbocycles. The highest BCUT2D eigenvalue weighted by Crippen LogP contribution is 2.34. The molecule has 29 heavy (non-hydrogen) atoms. The van der Waals surface area contributed by atoms with Crippen molar-refractivity contribution in [2.24, 2.45) is 10.2 Å². The molecule has 3 rings (SSSR count). The third kappa shape index (κ3) is 4.94. The van der Waals surface area contributed by atoms with Gasteiger partial charge in [-0.15, -0.1) is 5.10 Å². The fourth-order valence-corrected chi connectivity index (χ4v) is 3.75. The Bertz CT molecular complexity index is 955. The third-order valence-corrected chi connectivity index (χ3v) is 5.29. The van der Waals surface area contributed by atoms with Crippen LogP contribution >= 0.6 is 11.8 Å². The van der Waals surface area contributed by atoms with Crippen molar-refractivity contribution in [3.05, 3.63) is 54.1 Å². The van der Waals surface area contributed by atoms with Gasteiger partial charge in [0.25, 0.3) is 0 Å². The van der Waals surface area contributed by atoms with E-state index in [0.29, 0.717) is 5.69 Å². The number of carbonyl (C=O) groups is 2. The fraction of sp³-hybridized carbons (Fsp3) is 0.200. The van der Waals surface area contributed by atoms with E-state index >= 15 is 0 Å². The summed E-state index contributed by atoms with van der Waals surface area (Å²) in [6.45, 7) is 0. The second-order valence-corrected chi connectivity index (χ2v) is 7.68. The Balaban J connectivity index is 1.85. The van der Waals surface area contributed by atoms with Gasteiger partial charge in [0.15, 0.2) is 5.17 Å². The number of carbonyl (C=O) groups excluding carboxylic acids is 1. The third-order valence-electron chi connectivity index (χ3n) is 4.16. The second kappa shape index (κ2) is 8.78. The molecule has 0 saturated carbocycles. The molecule has 1 unspecified atom stereocenters.